The van der Waals surface area contributed by atoms with Gasteiger partial charge in [-0.05, 0) is 294 Å². The van der Waals surface area contributed by atoms with Gasteiger partial charge in [-0.3, -0.25) is 37.0 Å². The lowest BCUT2D eigenvalue weighted by Gasteiger charge is -2.28. The Hall–Kier alpha value is -17.2. The summed E-state index contributed by atoms with van der Waals surface area (Å²) in [6.45, 7) is 17.5. The van der Waals surface area contributed by atoms with Crippen molar-refractivity contribution in [2.75, 3.05) is 93.2 Å². The van der Waals surface area contributed by atoms with E-state index in [1.807, 2.05) is 157 Å². The summed E-state index contributed by atoms with van der Waals surface area (Å²) in [4.78, 5) is 99.4. The molecule has 6 aromatic heterocycles. The summed E-state index contributed by atoms with van der Waals surface area (Å²) in [5.74, 6) is -3.34. The number of halogens is 2. The lowest BCUT2D eigenvalue weighted by atomic mass is 10.1. The third-order valence-electron chi connectivity index (χ3n) is 24.3. The highest BCUT2D eigenvalue weighted by molar-refractivity contribution is 9.10. The molecule has 0 radical (unpaired) electrons. The quantitative estimate of drug-likeness (QED) is 0.0310. The van der Waals surface area contributed by atoms with E-state index < -0.39 is 17.9 Å². The monoisotopic (exact) mass is 2060 g/mol. The minimum absolute atomic E-state index is 0.0705. The largest absolute Gasteiger partial charge is 0.478 e. The molecule has 32 heteroatoms. The second-order valence-electron chi connectivity index (χ2n) is 34.0. The Bertz CT molecular complexity index is 8010. The predicted molar refractivity (Wildman–Crippen MR) is 573 cm³/mol. The second kappa shape index (κ2) is 46.5. The lowest BCUT2D eigenvalue weighted by molar-refractivity contribution is 0.0598. The number of ether oxygens (including phenoxy) is 3. The van der Waals surface area contributed by atoms with Crippen LogP contribution in [0.5, 0.6) is 0 Å². The maximum absolute atomic E-state index is 12.0. The fraction of sp³-hybridized carbons (Fsp3) is 0.150. The van der Waals surface area contributed by atoms with Gasteiger partial charge in [0.2, 0.25) is 0 Å². The van der Waals surface area contributed by atoms with Crippen LogP contribution in [-0.4, -0.2) is 181 Å². The molecule has 0 bridgehead atoms. The van der Waals surface area contributed by atoms with Crippen LogP contribution in [0.15, 0.2) is 350 Å². The highest BCUT2D eigenvalue weighted by Crippen LogP contribution is 2.31. The summed E-state index contributed by atoms with van der Waals surface area (Å²) in [7, 11) is 1.37. The Morgan fingerprint density at radius 2 is 0.566 bits per heavy atom. The molecule has 2 amide bonds. The zero-order chi connectivity index (χ0) is 101. The second-order valence-corrected chi connectivity index (χ2v) is 35.8. The van der Waals surface area contributed by atoms with Crippen LogP contribution in [0.2, 0.25) is 0 Å². The van der Waals surface area contributed by atoms with Crippen LogP contribution >= 0.6 is 31.9 Å². The average Bonchev–Trinajstić information content (AvgIpc) is 1.70. The van der Waals surface area contributed by atoms with E-state index in [4.69, 9.17) is 29.5 Å². The Morgan fingerprint density at radius 3 is 0.834 bits per heavy atom. The zero-order valence-corrected chi connectivity index (χ0v) is 83.0. The number of carboxylic acids is 3. The van der Waals surface area contributed by atoms with Gasteiger partial charge >= 0.3 is 23.9 Å². The number of hydrogen-bond acceptors (Lipinski definition) is 19. The molecule has 30 nitrogen and oxygen atoms in total. The van der Waals surface area contributed by atoms with Crippen LogP contribution in [0.1, 0.15) is 98.2 Å². The first-order chi connectivity index (χ1) is 70.5. The SMILES string of the molecule is CCNC(=O)c1ccc2c(c1)ncn2-c1ccc(N2CCOCC2)cc1.CCNC(=O)c1ccc2c(c1)ncn2-c1ccc(NCc2cccc(C)c2)cc1.COC(=O)c1ccc2c(c1)ncn2-c1ccc(Br)cc1.Cc1cccc(CNc2ccc(-n3cnc4cc(C(=O)O)ccc43)cc2)c1.O=C(O)c1ccc2c(c1)ncn2-c1ccc(Br)cc1.O=C(O)c1ccc2c(c1)ncn2-c1ccc(N2CCOCC2)cc1. The molecule has 0 unspecified atom stereocenters. The van der Waals surface area contributed by atoms with Crippen LogP contribution < -0.4 is 31.1 Å². The maximum Gasteiger partial charge on any atom is 0.337 e. The molecule has 0 saturated carbocycles. The van der Waals surface area contributed by atoms with Gasteiger partial charge < -0.3 is 60.6 Å². The summed E-state index contributed by atoms with van der Waals surface area (Å²) >= 11 is 6.81. The van der Waals surface area contributed by atoms with Gasteiger partial charge in [-0.2, -0.15) is 0 Å². The van der Waals surface area contributed by atoms with Gasteiger partial charge in [0, 0.05) is 129 Å². The molecule has 22 rings (SSSR count). The number of carboxylic acid groups (broad SMARTS) is 3. The summed E-state index contributed by atoms with van der Waals surface area (Å²) < 4.78 is 29.4. The van der Waals surface area contributed by atoms with E-state index >= 15 is 0 Å². The van der Waals surface area contributed by atoms with Crippen molar-refractivity contribution in [3.8, 4) is 34.1 Å². The normalized spacial score (nSPS) is 12.2. The zero-order valence-electron chi connectivity index (χ0n) is 79.8. The van der Waals surface area contributed by atoms with Gasteiger partial charge in [0.05, 0.1) is 122 Å². The molecule has 2 aliphatic rings. The minimum atomic E-state index is -0.949. The predicted octanol–water partition coefficient (Wildman–Crippen LogP) is 21.6. The number of amides is 2. The number of morpholine rings is 2. The van der Waals surface area contributed by atoms with Crippen molar-refractivity contribution >= 4 is 157 Å². The van der Waals surface area contributed by atoms with E-state index in [1.54, 1.807) is 105 Å². The first-order valence-electron chi connectivity index (χ1n) is 46.9. The van der Waals surface area contributed by atoms with E-state index in [2.05, 4.69) is 228 Å². The number of methoxy groups -OCH3 is 1. The molecular weight excluding hydrogens is 1960 g/mol. The fourth-order valence-corrected chi connectivity index (χ4v) is 17.3. The first-order valence-corrected chi connectivity index (χ1v) is 48.5. The number of benzene rings is 14. The van der Waals surface area contributed by atoms with Crippen molar-refractivity contribution < 1.29 is 58.3 Å². The van der Waals surface area contributed by atoms with Gasteiger partial charge in [-0.15, -0.1) is 0 Å². The smallest absolute Gasteiger partial charge is 0.337 e. The number of esters is 1. The Morgan fingerprint density at radius 1 is 0.317 bits per heavy atom. The number of aromatic carboxylic acids is 3. The first kappa shape index (κ1) is 99.4. The highest BCUT2D eigenvalue weighted by atomic mass is 79.9. The number of aromatic nitrogens is 12. The van der Waals surface area contributed by atoms with Crippen molar-refractivity contribution in [3.05, 3.63) is 406 Å². The molecule has 14 aromatic carbocycles. The van der Waals surface area contributed by atoms with Crippen LogP contribution in [0, 0.1) is 13.8 Å². The van der Waals surface area contributed by atoms with Gasteiger partial charge in [-0.25, -0.2) is 49.1 Å². The number of aryl methyl sites for hydroxylation is 2. The minimum Gasteiger partial charge on any atom is -0.478 e. The molecule has 2 saturated heterocycles. The molecule has 8 heterocycles. The Balaban J connectivity index is 0.000000120. The summed E-state index contributed by atoms with van der Waals surface area (Å²) in [5, 5.41) is 39.7. The highest BCUT2D eigenvalue weighted by Gasteiger charge is 2.20. The number of nitrogens with zero attached hydrogens (tertiary/aromatic N) is 14. The number of carbonyl (C=O) groups excluding carboxylic acids is 3. The number of hydrogen-bond donors (Lipinski definition) is 7. The molecule has 2 fully saturated rings. The Labute approximate surface area is 851 Å². The molecule has 0 aliphatic carbocycles. The van der Waals surface area contributed by atoms with Gasteiger partial charge in [0.15, 0.2) is 0 Å². The summed E-state index contributed by atoms with van der Waals surface area (Å²) in [5.41, 5.74) is 28.0. The number of carbonyl (C=O) groups is 6. The Kier molecular flexibility index (Phi) is 31.8. The topological polar surface area (TPSA) is 352 Å². The van der Waals surface area contributed by atoms with Crippen molar-refractivity contribution in [2.24, 2.45) is 0 Å². The number of nitrogens with one attached hydrogen (secondary N) is 4. The average molecular weight is 2060 g/mol. The molecule has 20 aromatic rings. The third-order valence-corrected chi connectivity index (χ3v) is 25.4. The van der Waals surface area contributed by atoms with Gasteiger partial charge in [0.25, 0.3) is 11.8 Å². The van der Waals surface area contributed by atoms with E-state index in [0.717, 1.165) is 170 Å². The summed E-state index contributed by atoms with van der Waals surface area (Å²) in [6, 6.07) is 97.3. The molecule has 7 N–H and O–H groups in total. The van der Waals surface area contributed by atoms with Crippen LogP contribution in [0.4, 0.5) is 22.7 Å². The van der Waals surface area contributed by atoms with Crippen molar-refractivity contribution in [1.82, 2.24) is 67.9 Å². The molecule has 730 valence electrons. The third kappa shape index (κ3) is 24.3. The number of anilines is 4. The number of rotatable bonds is 22. The van der Waals surface area contributed by atoms with Crippen molar-refractivity contribution in [3.63, 3.8) is 0 Å². The van der Waals surface area contributed by atoms with E-state index in [9.17, 15) is 28.8 Å². The van der Waals surface area contributed by atoms with Crippen molar-refractivity contribution in [2.45, 2.75) is 40.8 Å². The van der Waals surface area contributed by atoms with E-state index in [-0.39, 0.29) is 34.5 Å². The van der Waals surface area contributed by atoms with Crippen LogP contribution in [0.25, 0.3) is 100 Å². The van der Waals surface area contributed by atoms with Gasteiger partial charge in [0.1, 0.15) is 38.0 Å². The van der Waals surface area contributed by atoms with Gasteiger partial charge in [-0.1, -0.05) is 91.5 Å². The molecule has 145 heavy (non-hydrogen) atoms. The molecule has 0 spiro atoms. The van der Waals surface area contributed by atoms with E-state index in [1.165, 1.54) is 40.7 Å². The maximum atomic E-state index is 12.0. The number of fused-ring (bicyclic) bond motifs is 6. The molecule has 0 atom stereocenters. The lowest BCUT2D eigenvalue weighted by Crippen LogP contribution is -2.36. The van der Waals surface area contributed by atoms with Crippen LogP contribution in [0.3, 0.4) is 0 Å². The molecule has 2 aliphatic heterocycles. The van der Waals surface area contributed by atoms with E-state index in [0.29, 0.717) is 46.3 Å². The molecular formula is C113H102Br2N18O12. The van der Waals surface area contributed by atoms with Crippen LogP contribution in [-0.2, 0) is 27.3 Å². The standard InChI is InChI=1S/C24H24N4O.C22H19N3O2.C20H22N4O2.C18H17N3O3.C15H11BrN2O2.C14H9BrN2O2/c1-3-25-24(29)19-7-12-23-22(14-19)27-16-28(23)21-10-8-20(9-11-21)26-15-18-6-4-5-17(2)13-18;1-15-3-2-4-16(11-15)13-23-18-6-8-19(9-7-18)25-14-24-20-12-17(22(26)27)5-10-21(20)25;1-2-21-20(25)15-3-8-19-18(13-15)22-14-24(19)17-6-4-16(5-7-17)23-9-11-26-12-10-23;22-18(23)13-1-6-17-16(11-13)19-12-21(17)15-4-2-14(3-5-15)20-7-9-24-10-8-20;1-20-15(19)10-2-7-14-13(8-10)17-9-18(14)12-5-3-11(16)4-6-12;15-10-2-4-11(5-3-10)17-8-16-12-7-9(14(18)19)1-6-13(12)17/h4-14,16,26H,3,15H2,1-2H3,(H,25,29);2-12,14,23H,13H2,1H3,(H,26,27);3-8,13-14H,2,9-12H2,1H3,(H,21,25);1-6,11-12H,7-10H2,(H,22,23);2-9H,1H3;1-8H,(H,18,19). The summed E-state index contributed by atoms with van der Waals surface area (Å²) in [6.07, 6.45) is 10.5. The van der Waals surface area contributed by atoms with Crippen molar-refractivity contribution in [1.29, 1.82) is 0 Å². The fourth-order valence-electron chi connectivity index (χ4n) is 16.8. The number of imidazole rings is 6.